The molecule has 0 saturated carbocycles. The van der Waals surface area contributed by atoms with E-state index in [-0.39, 0.29) is 17.2 Å². The standard InChI is InChI=1S/C24H31N4O4PS/c1-17(26-13-14-27-34(30,31)20-11-9-19(32-4)10-12-20)15-22(21-7-5-6-8-23(21)29)28-18(2)24(33)16-25-3/h5-12,15-16,26-27,29H,13-14,33H2,1-4H3/b17-15+,24-18-,25-16?,28-22+. The Balaban J connectivity index is 2.12. The summed E-state index contributed by atoms with van der Waals surface area (Å²) in [5.41, 5.74) is 2.62. The van der Waals surface area contributed by atoms with E-state index in [1.54, 1.807) is 49.7 Å². The van der Waals surface area contributed by atoms with Crippen LogP contribution < -0.4 is 14.8 Å². The second-order valence-electron chi connectivity index (χ2n) is 7.27. The summed E-state index contributed by atoms with van der Waals surface area (Å²) >= 11 is 0. The number of nitrogens with zero attached hydrogens (tertiary/aromatic N) is 2. The van der Waals surface area contributed by atoms with E-state index in [4.69, 9.17) is 4.74 Å². The van der Waals surface area contributed by atoms with Crippen molar-refractivity contribution in [2.75, 3.05) is 27.2 Å². The first kappa shape index (κ1) is 27.2. The van der Waals surface area contributed by atoms with E-state index >= 15 is 0 Å². The number of methoxy groups -OCH3 is 1. The molecular weight excluding hydrogens is 471 g/mol. The number of phenolic OH excluding ortho intramolecular Hbond substituents is 1. The molecule has 0 aromatic heterocycles. The minimum Gasteiger partial charge on any atom is -0.507 e. The smallest absolute Gasteiger partial charge is 0.240 e. The van der Waals surface area contributed by atoms with Gasteiger partial charge in [-0.15, -0.1) is 9.24 Å². The molecule has 0 fully saturated rings. The van der Waals surface area contributed by atoms with Gasteiger partial charge >= 0.3 is 0 Å². The van der Waals surface area contributed by atoms with Crippen LogP contribution in [0.3, 0.4) is 0 Å². The maximum Gasteiger partial charge on any atom is 0.240 e. The highest BCUT2D eigenvalue weighted by Gasteiger charge is 2.13. The number of sulfonamides is 1. The van der Waals surface area contributed by atoms with Gasteiger partial charge in [0.15, 0.2) is 0 Å². The van der Waals surface area contributed by atoms with E-state index in [0.717, 1.165) is 16.7 Å². The number of phenols is 1. The third-order valence-electron chi connectivity index (χ3n) is 4.70. The molecule has 0 aliphatic heterocycles. The predicted molar refractivity (Wildman–Crippen MR) is 141 cm³/mol. The minimum absolute atomic E-state index is 0.111. The number of para-hydroxylation sites is 1. The summed E-state index contributed by atoms with van der Waals surface area (Å²) < 4.78 is 32.5. The maximum absolute atomic E-state index is 12.5. The molecule has 2 aromatic rings. The Kier molecular flexibility index (Phi) is 10.4. The van der Waals surface area contributed by atoms with Crippen molar-refractivity contribution in [3.63, 3.8) is 0 Å². The second kappa shape index (κ2) is 13.0. The summed E-state index contributed by atoms with van der Waals surface area (Å²) in [6.45, 7) is 4.25. The molecule has 0 amide bonds. The van der Waals surface area contributed by atoms with Crippen LogP contribution in [0.25, 0.3) is 0 Å². The maximum atomic E-state index is 12.5. The van der Waals surface area contributed by atoms with Crippen molar-refractivity contribution in [1.82, 2.24) is 10.0 Å². The SMILES string of the molecule is CN=C/C(P)=C(C)/N=C(\C=C(/C)NCCNS(=O)(=O)c1ccc(OC)cc1)c1ccccc1O. The molecule has 1 atom stereocenters. The quantitative estimate of drug-likeness (QED) is 0.248. The lowest BCUT2D eigenvalue weighted by Crippen LogP contribution is -2.31. The van der Waals surface area contributed by atoms with Gasteiger partial charge in [0.2, 0.25) is 10.0 Å². The molecule has 0 radical (unpaired) electrons. The fourth-order valence-corrected chi connectivity index (χ4v) is 4.12. The fourth-order valence-electron chi connectivity index (χ4n) is 2.88. The third-order valence-corrected chi connectivity index (χ3v) is 6.74. The van der Waals surface area contributed by atoms with Crippen molar-refractivity contribution in [2.45, 2.75) is 18.7 Å². The topological polar surface area (TPSA) is 112 Å². The highest BCUT2D eigenvalue weighted by molar-refractivity contribution is 7.89. The first-order valence-electron chi connectivity index (χ1n) is 10.5. The summed E-state index contributed by atoms with van der Waals surface area (Å²) in [6, 6.07) is 13.1. The van der Waals surface area contributed by atoms with Crippen molar-refractivity contribution in [2.24, 2.45) is 9.98 Å². The van der Waals surface area contributed by atoms with Crippen LogP contribution in [0.2, 0.25) is 0 Å². The van der Waals surface area contributed by atoms with Crippen molar-refractivity contribution in [1.29, 1.82) is 0 Å². The first-order chi connectivity index (χ1) is 16.2. The normalized spacial score (nSPS) is 13.7. The van der Waals surface area contributed by atoms with Gasteiger partial charge in [0.25, 0.3) is 0 Å². The number of benzene rings is 2. The molecule has 2 aromatic carbocycles. The van der Waals surface area contributed by atoms with Gasteiger partial charge in [-0.1, -0.05) is 12.1 Å². The van der Waals surface area contributed by atoms with Gasteiger partial charge in [-0.3, -0.25) is 9.98 Å². The summed E-state index contributed by atoms with van der Waals surface area (Å²) in [5.74, 6) is 0.698. The van der Waals surface area contributed by atoms with Gasteiger partial charge in [0.05, 0.1) is 17.7 Å². The molecule has 0 spiro atoms. The summed E-state index contributed by atoms with van der Waals surface area (Å²) in [5, 5.41) is 14.3. The second-order valence-corrected chi connectivity index (χ2v) is 9.66. The minimum atomic E-state index is -3.63. The van der Waals surface area contributed by atoms with Gasteiger partial charge in [-0.2, -0.15) is 0 Å². The lowest BCUT2D eigenvalue weighted by atomic mass is 10.1. The number of allylic oxidation sites excluding steroid dienone is 4. The highest BCUT2D eigenvalue weighted by Crippen LogP contribution is 2.21. The number of hydrogen-bond acceptors (Lipinski definition) is 7. The number of nitrogens with one attached hydrogen (secondary N) is 2. The molecule has 10 heteroatoms. The van der Waals surface area contributed by atoms with Crippen molar-refractivity contribution in [3.05, 3.63) is 76.9 Å². The Morgan fingerprint density at radius 3 is 2.41 bits per heavy atom. The molecule has 1 unspecified atom stereocenters. The van der Waals surface area contributed by atoms with Gasteiger partial charge in [-0.25, -0.2) is 13.1 Å². The van der Waals surface area contributed by atoms with Gasteiger partial charge < -0.3 is 15.2 Å². The van der Waals surface area contributed by atoms with Crippen molar-refractivity contribution < 1.29 is 18.3 Å². The van der Waals surface area contributed by atoms with Crippen LogP contribution in [0.1, 0.15) is 19.4 Å². The Bertz CT molecular complexity index is 1200. The molecule has 0 aliphatic carbocycles. The van der Waals surface area contributed by atoms with Crippen molar-refractivity contribution in [3.8, 4) is 11.5 Å². The first-order valence-corrected chi connectivity index (χ1v) is 12.6. The molecule has 34 heavy (non-hydrogen) atoms. The van der Waals surface area contributed by atoms with Gasteiger partial charge in [0.1, 0.15) is 11.5 Å². The van der Waals surface area contributed by atoms with Crippen LogP contribution in [0.15, 0.2) is 86.2 Å². The van der Waals surface area contributed by atoms with E-state index in [9.17, 15) is 13.5 Å². The van der Waals surface area contributed by atoms with Crippen LogP contribution in [0, 0.1) is 0 Å². The average Bonchev–Trinajstić information content (AvgIpc) is 2.82. The monoisotopic (exact) mass is 502 g/mol. The number of aliphatic imine (C=N–C) groups is 2. The number of rotatable bonds is 11. The van der Waals surface area contributed by atoms with Crippen molar-refractivity contribution >= 4 is 31.2 Å². The lowest BCUT2D eigenvalue weighted by Gasteiger charge is -2.11. The molecule has 8 nitrogen and oxygen atoms in total. The van der Waals surface area contributed by atoms with E-state index < -0.39 is 10.0 Å². The zero-order chi connectivity index (χ0) is 25.1. The number of hydrogen-bond donors (Lipinski definition) is 3. The third kappa shape index (κ3) is 8.09. The zero-order valence-electron chi connectivity index (χ0n) is 19.7. The molecule has 3 N–H and O–H groups in total. The summed E-state index contributed by atoms with van der Waals surface area (Å²) in [6.07, 6.45) is 3.49. The largest absolute Gasteiger partial charge is 0.507 e. The highest BCUT2D eigenvalue weighted by atomic mass is 32.2. The Morgan fingerprint density at radius 1 is 1.12 bits per heavy atom. The molecule has 0 heterocycles. The summed E-state index contributed by atoms with van der Waals surface area (Å²) in [7, 11) is 2.17. The van der Waals surface area contributed by atoms with Crippen LogP contribution in [-0.2, 0) is 10.0 Å². The molecule has 0 aliphatic rings. The van der Waals surface area contributed by atoms with E-state index in [2.05, 4.69) is 29.3 Å². The van der Waals surface area contributed by atoms with Crippen LogP contribution in [0.4, 0.5) is 0 Å². The van der Waals surface area contributed by atoms with Crippen LogP contribution in [-0.4, -0.2) is 52.7 Å². The number of aromatic hydroxyl groups is 1. The Hall–Kier alpha value is -3.00. The molecule has 0 bridgehead atoms. The average molecular weight is 503 g/mol. The van der Waals surface area contributed by atoms with E-state index in [1.165, 1.54) is 19.2 Å². The van der Waals surface area contributed by atoms with Gasteiger partial charge in [-0.05, 0) is 56.3 Å². The number of ether oxygens (including phenoxy) is 1. The van der Waals surface area contributed by atoms with E-state index in [1.807, 2.05) is 19.9 Å². The van der Waals surface area contributed by atoms with Crippen LogP contribution >= 0.6 is 9.24 Å². The molecule has 0 saturated heterocycles. The molecule has 182 valence electrons. The Labute approximate surface area is 203 Å². The van der Waals surface area contributed by atoms with Gasteiger partial charge in [0, 0.05) is 48.6 Å². The van der Waals surface area contributed by atoms with Crippen LogP contribution in [0.5, 0.6) is 11.5 Å². The van der Waals surface area contributed by atoms with E-state index in [0.29, 0.717) is 23.6 Å². The Morgan fingerprint density at radius 2 is 1.79 bits per heavy atom. The summed E-state index contributed by atoms with van der Waals surface area (Å²) in [4.78, 5) is 8.84. The molecule has 2 rings (SSSR count). The zero-order valence-corrected chi connectivity index (χ0v) is 21.7. The molecular formula is C24H31N4O4PS. The predicted octanol–water partition coefficient (Wildman–Crippen LogP) is 3.47. The fraction of sp³-hybridized carbons (Fsp3) is 0.250. The lowest BCUT2D eigenvalue weighted by molar-refractivity contribution is 0.414.